The number of hydrogen-bond donors (Lipinski definition) is 4. The van der Waals surface area contributed by atoms with E-state index in [1.165, 1.54) is 4.90 Å². The van der Waals surface area contributed by atoms with Gasteiger partial charge in [0, 0.05) is 35.2 Å². The molecule has 3 amide bonds. The fourth-order valence-electron chi connectivity index (χ4n) is 6.13. The van der Waals surface area contributed by atoms with Crippen LogP contribution in [0.25, 0.3) is 0 Å². The van der Waals surface area contributed by atoms with Gasteiger partial charge in [0.15, 0.2) is 5.60 Å². The number of benzene rings is 2. The van der Waals surface area contributed by atoms with Crippen molar-refractivity contribution in [3.05, 3.63) is 70.8 Å². The summed E-state index contributed by atoms with van der Waals surface area (Å²) >= 11 is 6.31. The summed E-state index contributed by atoms with van der Waals surface area (Å²) in [7, 11) is 0. The first-order valence-electron chi connectivity index (χ1n) is 14.3. The van der Waals surface area contributed by atoms with Gasteiger partial charge in [-0.1, -0.05) is 42.8 Å². The molecule has 41 heavy (non-hydrogen) atoms. The van der Waals surface area contributed by atoms with Crippen LogP contribution in [0.1, 0.15) is 50.2 Å². The van der Waals surface area contributed by atoms with Crippen molar-refractivity contribution in [1.82, 2.24) is 10.2 Å². The molecule has 3 heterocycles. The summed E-state index contributed by atoms with van der Waals surface area (Å²) in [6.45, 7) is 3.33. The smallest absolute Gasteiger partial charge is 0.264 e. The van der Waals surface area contributed by atoms with Crippen molar-refractivity contribution in [2.75, 3.05) is 29.9 Å². The van der Waals surface area contributed by atoms with E-state index in [1.54, 1.807) is 42.2 Å². The molecule has 0 unspecified atom stereocenters. The SMILES string of the molecule is C[C@H](/C=C/CC(=O)N1CCC[C@H]1CO)[C@@]1(O)C(=O)N(Cc2cccc(NC(=O)[C@H]3CCCN3)c2)c2ccc(Cl)cc21. The zero-order valence-electron chi connectivity index (χ0n) is 23.2. The third-order valence-electron chi connectivity index (χ3n) is 8.43. The van der Waals surface area contributed by atoms with Crippen LogP contribution in [0.15, 0.2) is 54.6 Å². The van der Waals surface area contributed by atoms with Crippen LogP contribution in [0.3, 0.4) is 0 Å². The minimum Gasteiger partial charge on any atom is -0.394 e. The van der Waals surface area contributed by atoms with Gasteiger partial charge >= 0.3 is 0 Å². The second-order valence-corrected chi connectivity index (χ2v) is 11.6. The Hall–Kier alpha value is -3.24. The van der Waals surface area contributed by atoms with Gasteiger partial charge in [-0.25, -0.2) is 0 Å². The van der Waals surface area contributed by atoms with Gasteiger partial charge in [0.05, 0.1) is 30.9 Å². The Bertz CT molecular complexity index is 1340. The average molecular weight is 581 g/mol. The largest absolute Gasteiger partial charge is 0.394 e. The van der Waals surface area contributed by atoms with E-state index in [0.717, 1.165) is 37.8 Å². The number of carbonyl (C=O) groups is 3. The molecule has 2 fully saturated rings. The fraction of sp³-hybridized carbons (Fsp3) is 0.452. The normalized spacial score (nSPS) is 24.7. The molecule has 0 aromatic heterocycles. The molecule has 0 aliphatic carbocycles. The Kier molecular flexibility index (Phi) is 8.79. The third kappa shape index (κ3) is 5.90. The highest BCUT2D eigenvalue weighted by Crippen LogP contribution is 2.46. The van der Waals surface area contributed by atoms with Crippen LogP contribution in [0.2, 0.25) is 5.02 Å². The molecule has 10 heteroatoms. The first-order valence-corrected chi connectivity index (χ1v) is 14.6. The van der Waals surface area contributed by atoms with Gasteiger partial charge in [-0.2, -0.15) is 0 Å². The fourth-order valence-corrected chi connectivity index (χ4v) is 6.30. The first-order chi connectivity index (χ1) is 19.7. The van der Waals surface area contributed by atoms with Gasteiger partial charge in [0.2, 0.25) is 11.8 Å². The number of nitrogens with one attached hydrogen (secondary N) is 2. The van der Waals surface area contributed by atoms with Crippen LogP contribution in [-0.4, -0.2) is 64.6 Å². The van der Waals surface area contributed by atoms with E-state index in [4.69, 9.17) is 11.6 Å². The van der Waals surface area contributed by atoms with E-state index >= 15 is 0 Å². The molecular formula is C31H37ClN4O5. The maximum absolute atomic E-state index is 13.9. The van der Waals surface area contributed by atoms with Crippen molar-refractivity contribution in [3.63, 3.8) is 0 Å². The van der Waals surface area contributed by atoms with E-state index in [9.17, 15) is 24.6 Å². The van der Waals surface area contributed by atoms with Crippen molar-refractivity contribution in [2.24, 2.45) is 5.92 Å². The lowest BCUT2D eigenvalue weighted by atomic mass is 9.83. The Morgan fingerprint density at radius 2 is 2.05 bits per heavy atom. The Labute approximate surface area is 245 Å². The van der Waals surface area contributed by atoms with Gasteiger partial charge < -0.3 is 30.6 Å². The first kappa shape index (κ1) is 29.3. The van der Waals surface area contributed by atoms with Crippen molar-refractivity contribution >= 4 is 40.7 Å². The van der Waals surface area contributed by atoms with Crippen LogP contribution < -0.4 is 15.5 Å². The Balaban J connectivity index is 1.33. The lowest BCUT2D eigenvalue weighted by Gasteiger charge is -2.28. The molecule has 4 N–H and O–H groups in total. The summed E-state index contributed by atoms with van der Waals surface area (Å²) in [4.78, 5) is 42.4. The molecule has 218 valence electrons. The molecule has 0 saturated carbocycles. The average Bonchev–Trinajstić information content (AvgIpc) is 3.71. The maximum atomic E-state index is 13.9. The van der Waals surface area contributed by atoms with Gasteiger partial charge in [-0.3, -0.25) is 14.4 Å². The summed E-state index contributed by atoms with van der Waals surface area (Å²) in [5.41, 5.74) is 0.530. The second kappa shape index (κ2) is 12.3. The van der Waals surface area contributed by atoms with Crippen molar-refractivity contribution in [3.8, 4) is 0 Å². The highest BCUT2D eigenvalue weighted by molar-refractivity contribution is 6.31. The molecule has 0 bridgehead atoms. The summed E-state index contributed by atoms with van der Waals surface area (Å²) in [5.74, 6) is -1.30. The minimum atomic E-state index is -1.87. The molecule has 0 radical (unpaired) electrons. The number of carbonyl (C=O) groups excluding carboxylic acids is 3. The van der Waals surface area contributed by atoms with Crippen LogP contribution in [0.4, 0.5) is 11.4 Å². The number of amides is 3. The molecular weight excluding hydrogens is 544 g/mol. The third-order valence-corrected chi connectivity index (χ3v) is 8.66. The lowest BCUT2D eigenvalue weighted by molar-refractivity contribution is -0.139. The Morgan fingerprint density at radius 3 is 2.80 bits per heavy atom. The number of aliphatic hydroxyl groups is 2. The standard InChI is InChI=1S/C31H37ClN4O5/c1-20(6-2-11-28(38)35-15-5-9-24(35)19-37)31(41)25-17-22(32)12-13-27(25)36(30(31)40)18-21-7-3-8-23(16-21)34-29(39)26-10-4-14-33-26/h2-3,6-8,12-13,16-17,20,24,26,33,37,41H,4-5,9-11,14-15,18-19H2,1H3,(H,34,39)/b6-2+/t20-,24+,26-,31+/m1/s1. The molecule has 3 aliphatic rings. The summed E-state index contributed by atoms with van der Waals surface area (Å²) in [5, 5.41) is 28.0. The number of rotatable bonds is 9. The van der Waals surface area contributed by atoms with E-state index in [2.05, 4.69) is 10.6 Å². The van der Waals surface area contributed by atoms with Crippen molar-refractivity contribution in [2.45, 2.75) is 63.3 Å². The van der Waals surface area contributed by atoms with E-state index < -0.39 is 17.4 Å². The second-order valence-electron chi connectivity index (χ2n) is 11.1. The monoisotopic (exact) mass is 580 g/mol. The Morgan fingerprint density at radius 1 is 1.22 bits per heavy atom. The van der Waals surface area contributed by atoms with Gasteiger partial charge in [-0.15, -0.1) is 0 Å². The predicted octanol–water partition coefficient (Wildman–Crippen LogP) is 3.33. The van der Waals surface area contributed by atoms with Gasteiger partial charge in [0.1, 0.15) is 0 Å². The number of aliphatic hydroxyl groups excluding tert-OH is 1. The number of halogens is 1. The molecule has 3 aliphatic heterocycles. The predicted molar refractivity (Wildman–Crippen MR) is 157 cm³/mol. The number of fused-ring (bicyclic) bond motifs is 1. The van der Waals surface area contributed by atoms with Crippen LogP contribution in [-0.2, 0) is 26.5 Å². The van der Waals surface area contributed by atoms with E-state index in [0.29, 0.717) is 28.5 Å². The topological polar surface area (TPSA) is 122 Å². The van der Waals surface area contributed by atoms with Crippen molar-refractivity contribution < 1.29 is 24.6 Å². The molecule has 2 saturated heterocycles. The molecule has 0 spiro atoms. The number of hydrogen-bond acceptors (Lipinski definition) is 6. The number of likely N-dealkylation sites (tertiary alicyclic amines) is 1. The minimum absolute atomic E-state index is 0.0551. The number of nitrogens with zero attached hydrogens (tertiary/aromatic N) is 2. The summed E-state index contributed by atoms with van der Waals surface area (Å²) in [6.07, 6.45) is 6.92. The zero-order valence-corrected chi connectivity index (χ0v) is 23.9. The number of anilines is 2. The van der Waals surface area contributed by atoms with E-state index in [-0.39, 0.29) is 43.5 Å². The summed E-state index contributed by atoms with van der Waals surface area (Å²) in [6, 6.07) is 12.0. The van der Waals surface area contributed by atoms with Crippen LogP contribution >= 0.6 is 11.6 Å². The van der Waals surface area contributed by atoms with Gasteiger partial charge in [-0.05, 0) is 68.1 Å². The molecule has 4 atom stereocenters. The summed E-state index contributed by atoms with van der Waals surface area (Å²) < 4.78 is 0. The van der Waals surface area contributed by atoms with Crippen molar-refractivity contribution in [1.29, 1.82) is 0 Å². The molecule has 2 aromatic carbocycles. The van der Waals surface area contributed by atoms with Gasteiger partial charge in [0.25, 0.3) is 5.91 Å². The highest BCUT2D eigenvalue weighted by Gasteiger charge is 2.52. The molecule has 2 aromatic rings. The molecule has 5 rings (SSSR count). The van der Waals surface area contributed by atoms with Crippen LogP contribution in [0, 0.1) is 5.92 Å². The zero-order chi connectivity index (χ0) is 29.1. The lowest BCUT2D eigenvalue weighted by Crippen LogP contribution is -2.44. The van der Waals surface area contributed by atoms with Crippen LogP contribution in [0.5, 0.6) is 0 Å². The highest BCUT2D eigenvalue weighted by atomic mass is 35.5. The van der Waals surface area contributed by atoms with E-state index in [1.807, 2.05) is 24.3 Å². The molecule has 9 nitrogen and oxygen atoms in total. The maximum Gasteiger partial charge on any atom is 0.264 e. The quantitative estimate of drug-likeness (QED) is 0.338.